The molecule has 13 rings (SSSR count). The third-order valence-electron chi connectivity index (χ3n) is 23.8. The fraction of sp³-hybridized carbons (Fsp3) is 0.412. The van der Waals surface area contributed by atoms with Gasteiger partial charge in [-0.05, 0) is 99.0 Å². The Morgan fingerprint density at radius 3 is 1.90 bits per heavy atom. The summed E-state index contributed by atoms with van der Waals surface area (Å²) in [6.45, 7) is 9.55. The van der Waals surface area contributed by atoms with Crippen molar-refractivity contribution in [3.63, 3.8) is 0 Å². The molecule has 0 aromatic heterocycles. The number of hydrogen-bond donors (Lipinski definition) is 9. The number of carbonyl (C=O) groups is 12. The van der Waals surface area contributed by atoms with Crippen LogP contribution in [0.4, 0.5) is 0 Å². The number of ether oxygens (including phenoxy) is 9. The van der Waals surface area contributed by atoms with Gasteiger partial charge in [0.1, 0.15) is 59.0 Å². The van der Waals surface area contributed by atoms with Gasteiger partial charge in [-0.3, -0.25) is 47.9 Å². The number of aromatic hydroxyl groups is 2. The number of phenolic OH excluding ortho intramolecular Hbond substituents is 2. The molecule has 1 unspecified atom stereocenters. The first kappa shape index (κ1) is 81.6. The molecule has 4 fully saturated rings. The van der Waals surface area contributed by atoms with Gasteiger partial charge < -0.3 is 89.2 Å². The summed E-state index contributed by atoms with van der Waals surface area (Å²) in [5.41, 5.74) is -12.6. The van der Waals surface area contributed by atoms with Crippen LogP contribution in [0.5, 0.6) is 17.2 Å². The fourth-order valence-corrected chi connectivity index (χ4v) is 17.7. The van der Waals surface area contributed by atoms with Crippen LogP contribution in [-0.4, -0.2) is 200 Å². The SMILES string of the molecule is COc1cccc2c1C(=O)c1c(O)c3c(c(O)c1C2=O)C[C@@](O)(C(C)=O)C[C@@H]3O[C@H]1C[C@H](NC(=O)c2ccc(C(=O)NCCC(=O)O[C@H]3C[C@H]4OC[C@@]4(OC(C)=O)C4[C@H](OC(=O)c5ccccc5)[C@]5(O)C[C@H](OC(=O)[C@H](O)[C@@H](NC(=O)c6ccccc6)c6ccccc6)C(C)=C([C@@H](OC(C)=O)C(=O)[C@@]43C)C5(C)C)cc2)[C@H](O)[C@H](C)O1. The van der Waals surface area contributed by atoms with E-state index >= 15 is 4.79 Å². The molecule has 30 heteroatoms. The molecule has 115 heavy (non-hydrogen) atoms. The summed E-state index contributed by atoms with van der Waals surface area (Å²) in [6, 6.07) is 30.5. The Bertz CT molecular complexity index is 4990. The number of nitrogens with one attached hydrogen (secondary N) is 3. The number of Topliss-reactive ketones (excluding diaryl/α,β-unsaturated/α-hetero) is 2. The highest BCUT2D eigenvalue weighted by molar-refractivity contribution is 6.31. The van der Waals surface area contributed by atoms with E-state index in [2.05, 4.69) is 16.0 Å². The lowest BCUT2D eigenvalue weighted by Crippen LogP contribution is -2.82. The molecule has 9 N–H and O–H groups in total. The minimum atomic E-state index is -2.62. The topological polar surface area (TPSA) is 445 Å². The summed E-state index contributed by atoms with van der Waals surface area (Å²) >= 11 is 0. The Morgan fingerprint density at radius 1 is 0.670 bits per heavy atom. The van der Waals surface area contributed by atoms with Crippen LogP contribution in [-0.2, 0) is 73.1 Å². The Labute approximate surface area is 658 Å². The van der Waals surface area contributed by atoms with Crippen LogP contribution in [0.25, 0.3) is 0 Å². The molecular weight excluding hydrogens is 1490 g/mol. The maximum absolute atomic E-state index is 16.6. The van der Waals surface area contributed by atoms with Gasteiger partial charge >= 0.3 is 29.8 Å². The average Bonchev–Trinajstić information content (AvgIpc) is 0.666. The molecule has 3 amide bonds. The molecule has 2 bridgehead atoms. The first-order valence-electron chi connectivity index (χ1n) is 37.5. The summed E-state index contributed by atoms with van der Waals surface area (Å²) in [5, 5.41) is 81.6. The molecule has 604 valence electrons. The Kier molecular flexibility index (Phi) is 22.3. The van der Waals surface area contributed by atoms with Crippen LogP contribution in [0.2, 0.25) is 0 Å². The largest absolute Gasteiger partial charge is 0.507 e. The van der Waals surface area contributed by atoms with Gasteiger partial charge in [-0.25, -0.2) is 9.59 Å². The summed E-state index contributed by atoms with van der Waals surface area (Å²) in [4.78, 5) is 171. The number of rotatable bonds is 21. The molecule has 5 aliphatic carbocycles. The van der Waals surface area contributed by atoms with Crippen LogP contribution >= 0.6 is 0 Å². The van der Waals surface area contributed by atoms with E-state index in [4.69, 9.17) is 42.6 Å². The van der Waals surface area contributed by atoms with E-state index in [0.29, 0.717) is 0 Å². The molecule has 7 aliphatic rings. The second kappa shape index (κ2) is 31.4. The molecule has 0 radical (unpaired) electrons. The van der Waals surface area contributed by atoms with Crippen LogP contribution in [0.15, 0.2) is 145 Å². The zero-order valence-corrected chi connectivity index (χ0v) is 64.1. The number of aliphatic hydroxyl groups excluding tert-OH is 2. The number of methoxy groups -OCH3 is 1. The number of fused-ring (bicyclic) bond motifs is 8. The zero-order chi connectivity index (χ0) is 82.9. The molecule has 6 aromatic rings. The van der Waals surface area contributed by atoms with E-state index in [0.717, 1.165) is 20.8 Å². The van der Waals surface area contributed by atoms with E-state index in [-0.39, 0.29) is 73.4 Å². The average molecular weight is 1580 g/mol. The number of carbonyl (C=O) groups excluding carboxylic acids is 12. The molecule has 2 aliphatic heterocycles. The van der Waals surface area contributed by atoms with Gasteiger partial charge in [-0.2, -0.15) is 0 Å². The highest BCUT2D eigenvalue weighted by atomic mass is 16.7. The van der Waals surface area contributed by atoms with Gasteiger partial charge in [0.05, 0.1) is 78.0 Å². The van der Waals surface area contributed by atoms with Gasteiger partial charge in [0.15, 0.2) is 41.4 Å². The van der Waals surface area contributed by atoms with E-state index < -0.39 is 245 Å². The summed E-state index contributed by atoms with van der Waals surface area (Å²) in [7, 11) is 1.28. The van der Waals surface area contributed by atoms with Gasteiger partial charge in [0.25, 0.3) is 17.7 Å². The van der Waals surface area contributed by atoms with Crippen molar-refractivity contribution < 1.29 is 131 Å². The van der Waals surface area contributed by atoms with Crippen LogP contribution in [0.3, 0.4) is 0 Å². The third kappa shape index (κ3) is 14.5. The molecule has 2 saturated heterocycles. The normalized spacial score (nSPS) is 28.7. The molecule has 0 spiro atoms. The maximum Gasteiger partial charge on any atom is 0.338 e. The lowest BCUT2D eigenvalue weighted by molar-refractivity contribution is -0.346. The van der Waals surface area contributed by atoms with Crippen LogP contribution in [0, 0.1) is 16.7 Å². The molecule has 6 aromatic carbocycles. The van der Waals surface area contributed by atoms with Crippen molar-refractivity contribution in [2.24, 2.45) is 16.7 Å². The predicted molar refractivity (Wildman–Crippen MR) is 399 cm³/mol. The lowest BCUT2D eigenvalue weighted by Gasteiger charge is -2.67. The second-order valence-electron chi connectivity index (χ2n) is 31.0. The van der Waals surface area contributed by atoms with E-state index in [9.17, 15) is 83.4 Å². The molecule has 2 heterocycles. The number of benzene rings is 6. The Balaban J connectivity index is 0.735. The van der Waals surface area contributed by atoms with E-state index in [1.165, 1.54) is 121 Å². The summed E-state index contributed by atoms with van der Waals surface area (Å²) in [5.74, 6) is -14.3. The molecular formula is C85H87N3O27. The van der Waals surface area contributed by atoms with Crippen LogP contribution < -0.4 is 20.7 Å². The van der Waals surface area contributed by atoms with Gasteiger partial charge in [0, 0.05) is 91.3 Å². The fourth-order valence-electron chi connectivity index (χ4n) is 17.7. The van der Waals surface area contributed by atoms with E-state index in [1.807, 2.05) is 0 Å². The number of aliphatic hydroxyl groups is 4. The quantitative estimate of drug-likeness (QED) is 0.0174. The van der Waals surface area contributed by atoms with E-state index in [1.54, 1.807) is 54.6 Å². The van der Waals surface area contributed by atoms with Crippen molar-refractivity contribution >= 4 is 70.7 Å². The van der Waals surface area contributed by atoms with Crippen molar-refractivity contribution in [1.82, 2.24) is 16.0 Å². The highest BCUT2D eigenvalue weighted by Crippen LogP contribution is 2.65. The van der Waals surface area contributed by atoms with Crippen molar-refractivity contribution in [3.8, 4) is 17.2 Å². The summed E-state index contributed by atoms with van der Waals surface area (Å²) in [6.07, 6.45) is -19.3. The smallest absolute Gasteiger partial charge is 0.338 e. The maximum atomic E-state index is 16.6. The van der Waals surface area contributed by atoms with Crippen LogP contribution in [0.1, 0.15) is 190 Å². The minimum Gasteiger partial charge on any atom is -0.507 e. The zero-order valence-electron chi connectivity index (χ0n) is 64.1. The first-order valence-corrected chi connectivity index (χ1v) is 37.5. The summed E-state index contributed by atoms with van der Waals surface area (Å²) < 4.78 is 55.5. The predicted octanol–water partition coefficient (Wildman–Crippen LogP) is 5.92. The number of esters is 5. The van der Waals surface area contributed by atoms with Crippen molar-refractivity contribution in [1.29, 1.82) is 0 Å². The monoisotopic (exact) mass is 1580 g/mol. The molecule has 2 saturated carbocycles. The van der Waals surface area contributed by atoms with Crippen molar-refractivity contribution in [2.75, 3.05) is 20.3 Å². The van der Waals surface area contributed by atoms with Gasteiger partial charge in [-0.15, -0.1) is 0 Å². The Morgan fingerprint density at radius 2 is 1.29 bits per heavy atom. The Hall–Kier alpha value is -11.4. The minimum absolute atomic E-state index is 0.00597. The first-order chi connectivity index (χ1) is 54.5. The number of phenols is 2. The van der Waals surface area contributed by atoms with Crippen molar-refractivity contribution in [2.45, 2.75) is 184 Å². The number of hydrogen-bond acceptors (Lipinski definition) is 27. The standard InChI is InChI=1S/C85H87N3O27/c1-40-54(112-80(104)71(98)65(45-20-13-10-14-21-45)88-78(102)46-22-15-11-16-23-46)38-85(106)75(114-79(103)49-24-17-12-18-25-49)73-82(8,74(99)72(110-43(4)90)64(40)81(85,6)7)56(35-57-84(73,39-108-57)115-44(5)91)113-58(92)32-33-86-76(100)47-28-30-48(31-29-47)77(101)87-52-34-59(109-41(2)66(52)93)111-55-37-83(105,42(3)89)36-51-61(55)70(97)63-62(68(51)95)67(94)50-26-19-27-53(107-9)60(50)69(63)96/h10-31,41,52,54-57,59,65-66,71-73,75,93,95,97-98,105-106H,32-39H2,1-9H3,(H,86,100)(H,87,101)(H,88,102)/t41-,52-,54-,55-,56-,57+,59-,65-,66+,71+,72+,73?,75-,82+,83-,84-,85+/m0/s1. The highest BCUT2D eigenvalue weighted by Gasteiger charge is 2.79. The molecule has 17 atom stereocenters. The van der Waals surface area contributed by atoms with Gasteiger partial charge in [0.2, 0.25) is 5.78 Å². The van der Waals surface area contributed by atoms with Crippen molar-refractivity contribution in [3.05, 3.63) is 206 Å². The van der Waals surface area contributed by atoms with Gasteiger partial charge in [-0.1, -0.05) is 92.7 Å². The third-order valence-corrected chi connectivity index (χ3v) is 23.8. The second-order valence-corrected chi connectivity index (χ2v) is 31.0. The molecule has 30 nitrogen and oxygen atoms in total. The number of amides is 3. The lowest BCUT2D eigenvalue weighted by atomic mass is 9.44. The number of ketones is 4.